The molecule has 1 atom stereocenters. The number of carbonyl (C=O) groups excluding carboxylic acids is 1. The second-order valence-electron chi connectivity index (χ2n) is 5.55. The van der Waals surface area contributed by atoms with Gasteiger partial charge in [-0.2, -0.15) is 0 Å². The molecule has 1 unspecified atom stereocenters. The van der Waals surface area contributed by atoms with Crippen LogP contribution in [0.2, 0.25) is 10.0 Å². The fourth-order valence-corrected chi connectivity index (χ4v) is 3.32. The van der Waals surface area contributed by atoms with Crippen molar-refractivity contribution in [1.82, 2.24) is 5.32 Å². The third-order valence-corrected chi connectivity index (χ3v) is 4.39. The first-order chi connectivity index (χ1) is 11.5. The normalized spacial score (nSPS) is 12.1. The third-order valence-electron chi connectivity index (χ3n) is 3.83. The van der Waals surface area contributed by atoms with E-state index in [0.29, 0.717) is 10.0 Å². The van der Waals surface area contributed by atoms with Crippen LogP contribution in [0.1, 0.15) is 24.1 Å². The molecule has 0 fully saturated rings. The van der Waals surface area contributed by atoms with E-state index in [1.54, 1.807) is 30.3 Å². The van der Waals surface area contributed by atoms with E-state index in [1.165, 1.54) is 6.92 Å². The van der Waals surface area contributed by atoms with E-state index >= 15 is 0 Å². The number of phenols is 1. The minimum atomic E-state index is -0.447. The molecule has 0 radical (unpaired) electrons. The maximum Gasteiger partial charge on any atom is 0.217 e. The molecule has 5 heteroatoms. The van der Waals surface area contributed by atoms with Gasteiger partial charge >= 0.3 is 0 Å². The molecule has 3 rings (SSSR count). The largest absolute Gasteiger partial charge is 0.508 e. The Hall–Kier alpha value is -2.23. The maximum absolute atomic E-state index is 11.8. The lowest BCUT2D eigenvalue weighted by Crippen LogP contribution is -2.27. The number of hydrogen-bond donors (Lipinski definition) is 2. The van der Waals surface area contributed by atoms with E-state index in [0.717, 1.165) is 21.9 Å². The molecule has 24 heavy (non-hydrogen) atoms. The van der Waals surface area contributed by atoms with Gasteiger partial charge < -0.3 is 10.4 Å². The Morgan fingerprint density at radius 3 is 2.54 bits per heavy atom. The number of amides is 1. The molecule has 0 saturated heterocycles. The highest BCUT2D eigenvalue weighted by Crippen LogP contribution is 2.35. The van der Waals surface area contributed by atoms with E-state index in [9.17, 15) is 9.90 Å². The molecule has 0 spiro atoms. The third kappa shape index (κ3) is 3.32. The van der Waals surface area contributed by atoms with Crippen LogP contribution in [0.25, 0.3) is 10.8 Å². The first-order valence-corrected chi connectivity index (χ1v) is 8.15. The topological polar surface area (TPSA) is 49.3 Å². The van der Waals surface area contributed by atoms with Crippen LogP contribution in [0, 0.1) is 0 Å². The van der Waals surface area contributed by atoms with Crippen molar-refractivity contribution in [3.63, 3.8) is 0 Å². The molecule has 3 aromatic carbocycles. The summed E-state index contributed by atoms with van der Waals surface area (Å²) in [6, 6.07) is 15.7. The predicted molar refractivity (Wildman–Crippen MR) is 97.7 cm³/mol. The summed E-state index contributed by atoms with van der Waals surface area (Å²) >= 11 is 12.3. The minimum Gasteiger partial charge on any atom is -0.508 e. The quantitative estimate of drug-likeness (QED) is 0.685. The number of phenolic OH excluding ortho intramolecular Hbond substituents is 1. The van der Waals surface area contributed by atoms with E-state index < -0.39 is 6.04 Å². The van der Waals surface area contributed by atoms with Gasteiger partial charge in [-0.15, -0.1) is 0 Å². The van der Waals surface area contributed by atoms with Crippen molar-refractivity contribution < 1.29 is 9.90 Å². The number of carbonyl (C=O) groups is 1. The molecule has 3 nitrogen and oxygen atoms in total. The molecule has 1 amide bonds. The first-order valence-electron chi connectivity index (χ1n) is 7.39. The molecule has 2 N–H and O–H groups in total. The Morgan fingerprint density at radius 2 is 1.83 bits per heavy atom. The standard InChI is InChI=1S/C19H15Cl2NO2/c1-11(23)22-19(16-8-6-13(20)9-18(16)21)15-4-2-3-12-5-7-14(24)10-17(12)15/h2-10,19,24H,1H3,(H,22,23). The van der Waals surface area contributed by atoms with Gasteiger partial charge in [-0.1, -0.05) is 53.5 Å². The second-order valence-corrected chi connectivity index (χ2v) is 6.40. The number of benzene rings is 3. The van der Waals surface area contributed by atoms with Gasteiger partial charge in [0.05, 0.1) is 6.04 Å². The summed E-state index contributed by atoms with van der Waals surface area (Å²) < 4.78 is 0. The van der Waals surface area contributed by atoms with Crippen LogP contribution >= 0.6 is 23.2 Å². The van der Waals surface area contributed by atoms with Crippen molar-refractivity contribution in [2.24, 2.45) is 0 Å². The smallest absolute Gasteiger partial charge is 0.217 e. The number of hydrogen-bond acceptors (Lipinski definition) is 2. The first kappa shape index (κ1) is 16.6. The van der Waals surface area contributed by atoms with Crippen LogP contribution in [0.3, 0.4) is 0 Å². The number of nitrogens with one attached hydrogen (secondary N) is 1. The Kier molecular flexibility index (Phi) is 4.65. The molecule has 0 bridgehead atoms. The summed E-state index contributed by atoms with van der Waals surface area (Å²) in [4.78, 5) is 11.8. The van der Waals surface area contributed by atoms with Gasteiger partial charge in [0, 0.05) is 17.0 Å². The lowest BCUT2D eigenvalue weighted by molar-refractivity contribution is -0.119. The zero-order chi connectivity index (χ0) is 17.3. The zero-order valence-corrected chi connectivity index (χ0v) is 14.4. The number of halogens is 2. The van der Waals surface area contributed by atoms with Gasteiger partial charge in [0.1, 0.15) is 5.75 Å². The van der Waals surface area contributed by atoms with Crippen molar-refractivity contribution >= 4 is 39.9 Å². The van der Waals surface area contributed by atoms with Crippen LogP contribution < -0.4 is 5.32 Å². The molecule has 0 aliphatic carbocycles. The predicted octanol–water partition coefficient (Wildman–Crippen LogP) is 5.08. The molecular weight excluding hydrogens is 345 g/mol. The van der Waals surface area contributed by atoms with Gasteiger partial charge in [-0.25, -0.2) is 0 Å². The van der Waals surface area contributed by atoms with E-state index in [-0.39, 0.29) is 11.7 Å². The number of aromatic hydroxyl groups is 1. The molecule has 0 saturated carbocycles. The molecule has 0 aromatic heterocycles. The SMILES string of the molecule is CC(=O)NC(c1ccc(Cl)cc1Cl)c1cccc2ccc(O)cc12. The maximum atomic E-state index is 11.8. The van der Waals surface area contributed by atoms with Crippen molar-refractivity contribution in [1.29, 1.82) is 0 Å². The van der Waals surface area contributed by atoms with Crippen molar-refractivity contribution in [3.8, 4) is 5.75 Å². The summed E-state index contributed by atoms with van der Waals surface area (Å²) in [7, 11) is 0. The molecular formula is C19H15Cl2NO2. The van der Waals surface area contributed by atoms with E-state index in [1.807, 2.05) is 24.3 Å². The van der Waals surface area contributed by atoms with Crippen LogP contribution in [0.5, 0.6) is 5.75 Å². The molecule has 0 aliphatic rings. The highest BCUT2D eigenvalue weighted by Gasteiger charge is 2.20. The second kappa shape index (κ2) is 6.71. The van der Waals surface area contributed by atoms with Crippen molar-refractivity contribution in [2.45, 2.75) is 13.0 Å². The Balaban J connectivity index is 2.23. The van der Waals surface area contributed by atoms with Gasteiger partial charge in [-0.05, 0) is 46.2 Å². The average molecular weight is 360 g/mol. The van der Waals surface area contributed by atoms with Gasteiger partial charge in [0.2, 0.25) is 5.91 Å². The fraction of sp³-hybridized carbons (Fsp3) is 0.105. The van der Waals surface area contributed by atoms with Crippen LogP contribution in [-0.2, 0) is 4.79 Å². The summed E-state index contributed by atoms with van der Waals surface area (Å²) in [5.74, 6) is -0.0121. The molecule has 0 heterocycles. The van der Waals surface area contributed by atoms with Crippen molar-refractivity contribution in [2.75, 3.05) is 0 Å². The lowest BCUT2D eigenvalue weighted by Gasteiger charge is -2.22. The van der Waals surface area contributed by atoms with Crippen LogP contribution in [0.15, 0.2) is 54.6 Å². The molecule has 122 valence electrons. The summed E-state index contributed by atoms with van der Waals surface area (Å²) in [5, 5.41) is 15.6. The summed E-state index contributed by atoms with van der Waals surface area (Å²) in [6.07, 6.45) is 0. The number of fused-ring (bicyclic) bond motifs is 1. The Morgan fingerprint density at radius 1 is 1.04 bits per heavy atom. The lowest BCUT2D eigenvalue weighted by atomic mass is 9.93. The monoisotopic (exact) mass is 359 g/mol. The highest BCUT2D eigenvalue weighted by molar-refractivity contribution is 6.35. The van der Waals surface area contributed by atoms with Gasteiger partial charge in [-0.3, -0.25) is 4.79 Å². The minimum absolute atomic E-state index is 0.165. The number of rotatable bonds is 3. The average Bonchev–Trinajstić information content (AvgIpc) is 2.52. The summed E-state index contributed by atoms with van der Waals surface area (Å²) in [5.41, 5.74) is 1.59. The zero-order valence-electron chi connectivity index (χ0n) is 12.9. The van der Waals surface area contributed by atoms with Gasteiger partial charge in [0.15, 0.2) is 0 Å². The highest BCUT2D eigenvalue weighted by atomic mass is 35.5. The Labute approximate surface area is 149 Å². The van der Waals surface area contributed by atoms with Crippen molar-refractivity contribution in [3.05, 3.63) is 75.8 Å². The molecule has 0 aliphatic heterocycles. The van der Waals surface area contributed by atoms with Gasteiger partial charge in [0.25, 0.3) is 0 Å². The van der Waals surface area contributed by atoms with E-state index in [2.05, 4.69) is 5.32 Å². The summed E-state index contributed by atoms with van der Waals surface area (Å²) in [6.45, 7) is 1.46. The molecule has 3 aromatic rings. The fourth-order valence-electron chi connectivity index (χ4n) is 2.80. The van der Waals surface area contributed by atoms with Crippen LogP contribution in [-0.4, -0.2) is 11.0 Å². The van der Waals surface area contributed by atoms with E-state index in [4.69, 9.17) is 23.2 Å². The Bertz CT molecular complexity index is 924. The van der Waals surface area contributed by atoms with Crippen LogP contribution in [0.4, 0.5) is 0 Å².